The van der Waals surface area contributed by atoms with E-state index in [0.29, 0.717) is 11.5 Å². The second-order valence-corrected chi connectivity index (χ2v) is 4.51. The largest absolute Gasteiger partial charge is 0.464 e. The molecular weight excluding hydrogens is 282 g/mol. The van der Waals surface area contributed by atoms with Crippen LogP contribution in [0.1, 0.15) is 10.5 Å². The van der Waals surface area contributed by atoms with Crippen LogP contribution in [0.3, 0.4) is 0 Å². The molecule has 0 aliphatic carbocycles. The van der Waals surface area contributed by atoms with Gasteiger partial charge in [-0.25, -0.2) is 4.79 Å². The molecule has 1 heterocycles. The van der Waals surface area contributed by atoms with Crippen molar-refractivity contribution in [3.8, 4) is 22.8 Å². The number of methoxy groups -OCH3 is 1. The van der Waals surface area contributed by atoms with Crippen molar-refractivity contribution >= 4 is 5.97 Å². The first-order chi connectivity index (χ1) is 10.8. The predicted octanol–water partition coefficient (Wildman–Crippen LogP) is 3.92. The van der Waals surface area contributed by atoms with Crippen molar-refractivity contribution in [2.24, 2.45) is 0 Å². The minimum absolute atomic E-state index is 0.141. The number of esters is 1. The van der Waals surface area contributed by atoms with Crippen molar-refractivity contribution in [1.29, 1.82) is 0 Å². The Morgan fingerprint density at radius 1 is 1.00 bits per heavy atom. The lowest BCUT2D eigenvalue weighted by Crippen LogP contribution is -2.00. The highest BCUT2D eigenvalue weighted by Gasteiger charge is 2.13. The molecule has 0 bridgehead atoms. The van der Waals surface area contributed by atoms with E-state index in [-0.39, 0.29) is 5.69 Å². The van der Waals surface area contributed by atoms with E-state index in [4.69, 9.17) is 9.26 Å². The average Bonchev–Trinajstić information content (AvgIpc) is 3.06. The quantitative estimate of drug-likeness (QED) is 0.683. The van der Waals surface area contributed by atoms with Crippen molar-refractivity contribution in [2.75, 3.05) is 7.11 Å². The van der Waals surface area contributed by atoms with Gasteiger partial charge in [-0.05, 0) is 36.4 Å². The molecule has 0 radical (unpaired) electrons. The topological polar surface area (TPSA) is 61.6 Å². The summed E-state index contributed by atoms with van der Waals surface area (Å²) in [5, 5.41) is 3.67. The third-order valence-corrected chi connectivity index (χ3v) is 3.02. The zero-order valence-electron chi connectivity index (χ0n) is 11.9. The third kappa shape index (κ3) is 2.98. The Hall–Kier alpha value is -3.08. The standard InChI is InChI=1S/C17H13NO4/c1-20-17(19)15-11-16(22-18-15)12-7-9-14(10-8-12)21-13-5-3-2-4-6-13/h2-11H,1H3. The maximum atomic E-state index is 11.4. The average molecular weight is 295 g/mol. The van der Waals surface area contributed by atoms with Gasteiger partial charge in [-0.15, -0.1) is 0 Å². The van der Waals surface area contributed by atoms with E-state index in [1.165, 1.54) is 7.11 Å². The molecule has 0 aliphatic rings. The number of para-hydroxylation sites is 1. The molecule has 3 aromatic rings. The summed E-state index contributed by atoms with van der Waals surface area (Å²) in [6.07, 6.45) is 0. The molecule has 0 saturated carbocycles. The van der Waals surface area contributed by atoms with Gasteiger partial charge in [0.15, 0.2) is 11.5 Å². The van der Waals surface area contributed by atoms with Crippen molar-refractivity contribution in [3.63, 3.8) is 0 Å². The SMILES string of the molecule is COC(=O)c1cc(-c2ccc(Oc3ccccc3)cc2)on1. The first-order valence-electron chi connectivity index (χ1n) is 6.64. The van der Waals surface area contributed by atoms with Crippen LogP contribution in [0.25, 0.3) is 11.3 Å². The summed E-state index contributed by atoms with van der Waals surface area (Å²) in [6, 6.07) is 18.4. The number of rotatable bonds is 4. The highest BCUT2D eigenvalue weighted by Crippen LogP contribution is 2.26. The normalized spacial score (nSPS) is 10.2. The maximum absolute atomic E-state index is 11.4. The summed E-state index contributed by atoms with van der Waals surface area (Å²) in [4.78, 5) is 11.4. The number of hydrogen-bond donors (Lipinski definition) is 0. The number of carbonyl (C=O) groups is 1. The van der Waals surface area contributed by atoms with Gasteiger partial charge in [0.1, 0.15) is 11.5 Å². The molecule has 5 heteroatoms. The molecule has 22 heavy (non-hydrogen) atoms. The number of aromatic nitrogens is 1. The van der Waals surface area contributed by atoms with E-state index in [1.54, 1.807) is 6.07 Å². The lowest BCUT2D eigenvalue weighted by atomic mass is 10.1. The van der Waals surface area contributed by atoms with Crippen LogP contribution >= 0.6 is 0 Å². The number of carbonyl (C=O) groups excluding carboxylic acids is 1. The number of benzene rings is 2. The Bertz CT molecular complexity index is 763. The van der Waals surface area contributed by atoms with Crippen molar-refractivity contribution in [2.45, 2.75) is 0 Å². The summed E-state index contributed by atoms with van der Waals surface area (Å²) in [6.45, 7) is 0. The van der Waals surface area contributed by atoms with Crippen LogP contribution in [0, 0.1) is 0 Å². The molecular formula is C17H13NO4. The van der Waals surface area contributed by atoms with Crippen molar-refractivity contribution in [3.05, 3.63) is 66.4 Å². The summed E-state index contributed by atoms with van der Waals surface area (Å²) in [7, 11) is 1.30. The monoisotopic (exact) mass is 295 g/mol. The molecule has 1 aromatic heterocycles. The van der Waals surface area contributed by atoms with Gasteiger partial charge in [-0.1, -0.05) is 23.4 Å². The molecule has 0 fully saturated rings. The van der Waals surface area contributed by atoms with E-state index in [9.17, 15) is 4.79 Å². The minimum atomic E-state index is -0.529. The molecule has 0 amide bonds. The lowest BCUT2D eigenvalue weighted by molar-refractivity contribution is 0.0589. The highest BCUT2D eigenvalue weighted by atomic mass is 16.5. The van der Waals surface area contributed by atoms with Gasteiger partial charge in [0, 0.05) is 11.6 Å². The Morgan fingerprint density at radius 3 is 2.36 bits per heavy atom. The second-order valence-electron chi connectivity index (χ2n) is 4.51. The minimum Gasteiger partial charge on any atom is -0.464 e. The van der Waals surface area contributed by atoms with Gasteiger partial charge in [-0.2, -0.15) is 0 Å². The molecule has 0 N–H and O–H groups in total. The summed E-state index contributed by atoms with van der Waals surface area (Å²) < 4.78 is 15.4. The van der Waals surface area contributed by atoms with Crippen LogP contribution in [-0.2, 0) is 4.74 Å². The fraction of sp³-hybridized carbons (Fsp3) is 0.0588. The fourth-order valence-corrected chi connectivity index (χ4v) is 1.92. The van der Waals surface area contributed by atoms with Gasteiger partial charge in [0.2, 0.25) is 0 Å². The van der Waals surface area contributed by atoms with Crippen LogP contribution in [0.15, 0.2) is 65.2 Å². The summed E-state index contributed by atoms with van der Waals surface area (Å²) in [5.41, 5.74) is 0.935. The molecule has 3 rings (SSSR count). The zero-order chi connectivity index (χ0) is 15.4. The third-order valence-electron chi connectivity index (χ3n) is 3.02. The van der Waals surface area contributed by atoms with Crippen molar-refractivity contribution < 1.29 is 18.8 Å². The summed E-state index contributed by atoms with van der Waals surface area (Å²) in [5.74, 6) is 1.44. The van der Waals surface area contributed by atoms with E-state index in [1.807, 2.05) is 54.6 Å². The Balaban J connectivity index is 1.76. The molecule has 0 spiro atoms. The van der Waals surface area contributed by atoms with E-state index >= 15 is 0 Å². The molecule has 0 unspecified atom stereocenters. The fourth-order valence-electron chi connectivity index (χ4n) is 1.92. The second kappa shape index (κ2) is 6.13. The Labute approximate surface area is 127 Å². The van der Waals surface area contributed by atoms with Gasteiger partial charge < -0.3 is 14.0 Å². The Morgan fingerprint density at radius 2 is 1.68 bits per heavy atom. The molecule has 2 aromatic carbocycles. The van der Waals surface area contributed by atoms with Crippen LogP contribution in [-0.4, -0.2) is 18.2 Å². The van der Waals surface area contributed by atoms with E-state index in [0.717, 1.165) is 11.3 Å². The predicted molar refractivity (Wildman–Crippen MR) is 79.8 cm³/mol. The zero-order valence-corrected chi connectivity index (χ0v) is 11.9. The Kier molecular flexibility index (Phi) is 3.87. The van der Waals surface area contributed by atoms with E-state index in [2.05, 4.69) is 9.89 Å². The van der Waals surface area contributed by atoms with Crippen LogP contribution in [0.2, 0.25) is 0 Å². The lowest BCUT2D eigenvalue weighted by Gasteiger charge is -2.05. The molecule has 5 nitrogen and oxygen atoms in total. The number of nitrogens with zero attached hydrogens (tertiary/aromatic N) is 1. The van der Waals surface area contributed by atoms with Gasteiger partial charge >= 0.3 is 5.97 Å². The van der Waals surface area contributed by atoms with Crippen LogP contribution < -0.4 is 4.74 Å². The van der Waals surface area contributed by atoms with Gasteiger partial charge in [-0.3, -0.25) is 0 Å². The molecule has 0 aliphatic heterocycles. The van der Waals surface area contributed by atoms with E-state index < -0.39 is 5.97 Å². The smallest absolute Gasteiger partial charge is 0.360 e. The first-order valence-corrected chi connectivity index (χ1v) is 6.64. The van der Waals surface area contributed by atoms with Crippen LogP contribution in [0.4, 0.5) is 0 Å². The molecule has 0 atom stereocenters. The first kappa shape index (κ1) is 13.9. The van der Waals surface area contributed by atoms with Crippen LogP contribution in [0.5, 0.6) is 11.5 Å². The van der Waals surface area contributed by atoms with Gasteiger partial charge in [0.05, 0.1) is 7.11 Å². The van der Waals surface area contributed by atoms with Crippen molar-refractivity contribution in [1.82, 2.24) is 5.16 Å². The number of hydrogen-bond acceptors (Lipinski definition) is 5. The van der Waals surface area contributed by atoms with Gasteiger partial charge in [0.25, 0.3) is 0 Å². The maximum Gasteiger partial charge on any atom is 0.360 e. The molecule has 110 valence electrons. The summed E-state index contributed by atoms with van der Waals surface area (Å²) >= 11 is 0. The molecule has 0 saturated heterocycles. The number of ether oxygens (including phenoxy) is 2. The highest BCUT2D eigenvalue weighted by molar-refractivity contribution is 5.88.